The van der Waals surface area contributed by atoms with Crippen LogP contribution in [0.3, 0.4) is 0 Å². The zero-order valence-electron chi connectivity index (χ0n) is 12.6. The summed E-state index contributed by atoms with van der Waals surface area (Å²) in [7, 11) is 0. The molecule has 0 unspecified atom stereocenters. The summed E-state index contributed by atoms with van der Waals surface area (Å²) < 4.78 is 5.80. The Balaban J connectivity index is 2.24. The minimum Gasteiger partial charge on any atom is -0.439 e. The number of nitrogens with zero attached hydrogens (tertiary/aromatic N) is 2. The van der Waals surface area contributed by atoms with Gasteiger partial charge in [0.25, 0.3) is 0 Å². The van der Waals surface area contributed by atoms with Crippen LogP contribution in [0.25, 0.3) is 0 Å². The number of halogens is 1. The van der Waals surface area contributed by atoms with Crippen LogP contribution in [0, 0.1) is 0 Å². The molecule has 112 valence electrons. The van der Waals surface area contributed by atoms with Gasteiger partial charge in [-0.2, -0.15) is 4.98 Å². The lowest BCUT2D eigenvalue weighted by Gasteiger charge is -2.12. The number of nitrogens with one attached hydrogen (secondary N) is 1. The molecule has 5 heteroatoms. The number of benzene rings is 1. The smallest absolute Gasteiger partial charge is 0.224 e. The molecule has 1 heterocycles. The molecule has 2 rings (SSSR count). The molecule has 2 aromatic rings. The molecule has 0 fully saturated rings. The van der Waals surface area contributed by atoms with E-state index in [9.17, 15) is 0 Å². The summed E-state index contributed by atoms with van der Waals surface area (Å²) in [6.45, 7) is 7.10. The molecule has 21 heavy (non-hydrogen) atoms. The van der Waals surface area contributed by atoms with Crippen LogP contribution in [-0.2, 0) is 0 Å². The molecule has 1 N–H and O–H groups in total. The first-order valence-corrected chi connectivity index (χ1v) is 7.52. The Morgan fingerprint density at radius 2 is 1.90 bits per heavy atom. The molecular formula is C16H20ClN3O. The van der Waals surface area contributed by atoms with E-state index in [1.54, 1.807) is 12.1 Å². The maximum absolute atomic E-state index is 5.87. The molecule has 0 bridgehead atoms. The number of ether oxygens (including phenoxy) is 1. The molecule has 1 aromatic carbocycles. The number of hydrogen-bond acceptors (Lipinski definition) is 4. The number of aromatic nitrogens is 2. The van der Waals surface area contributed by atoms with Crippen LogP contribution >= 0.6 is 11.6 Å². The largest absolute Gasteiger partial charge is 0.439 e. The molecule has 0 saturated carbocycles. The summed E-state index contributed by atoms with van der Waals surface area (Å²) in [5, 5.41) is 3.95. The van der Waals surface area contributed by atoms with E-state index in [0.29, 0.717) is 16.7 Å². The minimum absolute atomic E-state index is 0.237. The van der Waals surface area contributed by atoms with E-state index in [-0.39, 0.29) is 5.92 Å². The van der Waals surface area contributed by atoms with Gasteiger partial charge in [-0.3, -0.25) is 0 Å². The maximum atomic E-state index is 5.87. The van der Waals surface area contributed by atoms with Crippen molar-refractivity contribution in [3.63, 3.8) is 0 Å². The monoisotopic (exact) mass is 305 g/mol. The minimum atomic E-state index is 0.237. The van der Waals surface area contributed by atoms with Gasteiger partial charge in [0.05, 0.1) is 0 Å². The van der Waals surface area contributed by atoms with Gasteiger partial charge in [-0.05, 0) is 30.7 Å². The summed E-state index contributed by atoms with van der Waals surface area (Å²) >= 11 is 5.87. The lowest BCUT2D eigenvalue weighted by atomic mass is 10.2. The van der Waals surface area contributed by atoms with Crippen molar-refractivity contribution in [3.8, 4) is 11.6 Å². The summed E-state index contributed by atoms with van der Waals surface area (Å²) in [6, 6.07) is 9.03. The van der Waals surface area contributed by atoms with Crippen molar-refractivity contribution in [2.24, 2.45) is 0 Å². The SMILES string of the molecule is CCCNc1cc(Oc2ccc(Cl)cc2)nc(C(C)C)n1. The summed E-state index contributed by atoms with van der Waals surface area (Å²) in [5.41, 5.74) is 0. The molecular weight excluding hydrogens is 286 g/mol. The van der Waals surface area contributed by atoms with Gasteiger partial charge in [0.15, 0.2) is 0 Å². The summed E-state index contributed by atoms with van der Waals surface area (Å²) in [5.74, 6) is 3.03. The Hall–Kier alpha value is -1.81. The zero-order chi connectivity index (χ0) is 15.2. The second-order valence-electron chi connectivity index (χ2n) is 5.09. The van der Waals surface area contributed by atoms with Crippen LogP contribution in [0.4, 0.5) is 5.82 Å². The molecule has 0 amide bonds. The molecule has 0 saturated heterocycles. The second-order valence-corrected chi connectivity index (χ2v) is 5.52. The fraction of sp³-hybridized carbons (Fsp3) is 0.375. The first-order valence-electron chi connectivity index (χ1n) is 7.14. The third-order valence-corrected chi connectivity index (χ3v) is 3.08. The van der Waals surface area contributed by atoms with Crippen molar-refractivity contribution in [3.05, 3.63) is 41.2 Å². The summed E-state index contributed by atoms with van der Waals surface area (Å²) in [4.78, 5) is 8.96. The molecule has 0 aliphatic rings. The lowest BCUT2D eigenvalue weighted by molar-refractivity contribution is 0.457. The highest BCUT2D eigenvalue weighted by Gasteiger charge is 2.09. The Morgan fingerprint density at radius 1 is 1.19 bits per heavy atom. The van der Waals surface area contributed by atoms with Gasteiger partial charge < -0.3 is 10.1 Å². The molecule has 0 atom stereocenters. The van der Waals surface area contributed by atoms with E-state index in [2.05, 4.69) is 36.1 Å². The predicted octanol–water partition coefficient (Wildman–Crippen LogP) is 4.87. The van der Waals surface area contributed by atoms with Crippen molar-refractivity contribution in [2.45, 2.75) is 33.1 Å². The van der Waals surface area contributed by atoms with Crippen LogP contribution in [0.2, 0.25) is 5.02 Å². The van der Waals surface area contributed by atoms with E-state index in [4.69, 9.17) is 16.3 Å². The van der Waals surface area contributed by atoms with Gasteiger partial charge in [0, 0.05) is 23.6 Å². The first kappa shape index (κ1) is 15.6. The number of anilines is 1. The molecule has 0 aliphatic carbocycles. The predicted molar refractivity (Wildman–Crippen MR) is 86.4 cm³/mol. The normalized spacial score (nSPS) is 10.7. The highest BCUT2D eigenvalue weighted by molar-refractivity contribution is 6.30. The van der Waals surface area contributed by atoms with Crippen molar-refractivity contribution >= 4 is 17.4 Å². The number of rotatable bonds is 6. The fourth-order valence-electron chi connectivity index (χ4n) is 1.72. The second kappa shape index (κ2) is 7.27. The van der Waals surface area contributed by atoms with Crippen LogP contribution in [0.1, 0.15) is 38.9 Å². The van der Waals surface area contributed by atoms with Gasteiger partial charge >= 0.3 is 0 Å². The van der Waals surface area contributed by atoms with E-state index < -0.39 is 0 Å². The van der Waals surface area contributed by atoms with Gasteiger partial charge in [-0.25, -0.2) is 4.98 Å². The molecule has 0 aliphatic heterocycles. The van der Waals surface area contributed by atoms with Gasteiger partial charge in [-0.15, -0.1) is 0 Å². The quantitative estimate of drug-likeness (QED) is 0.827. The standard InChI is InChI=1S/C16H20ClN3O/c1-4-9-18-14-10-15(20-16(19-14)11(2)3)21-13-7-5-12(17)6-8-13/h5-8,10-11H,4,9H2,1-3H3,(H,18,19,20). The average molecular weight is 306 g/mol. The third-order valence-electron chi connectivity index (χ3n) is 2.83. The lowest BCUT2D eigenvalue weighted by Crippen LogP contribution is -2.07. The topological polar surface area (TPSA) is 47.0 Å². The number of hydrogen-bond donors (Lipinski definition) is 1. The van der Waals surface area contributed by atoms with Gasteiger partial charge in [0.1, 0.15) is 17.4 Å². The summed E-state index contributed by atoms with van der Waals surface area (Å²) in [6.07, 6.45) is 1.04. The van der Waals surface area contributed by atoms with Gasteiger partial charge in [0.2, 0.25) is 5.88 Å². The zero-order valence-corrected chi connectivity index (χ0v) is 13.3. The van der Waals surface area contributed by atoms with E-state index in [1.807, 2.05) is 18.2 Å². The average Bonchev–Trinajstić information content (AvgIpc) is 2.47. The highest BCUT2D eigenvalue weighted by Crippen LogP contribution is 2.25. The highest BCUT2D eigenvalue weighted by atomic mass is 35.5. The van der Waals surface area contributed by atoms with Crippen molar-refractivity contribution in [1.29, 1.82) is 0 Å². The van der Waals surface area contributed by atoms with Crippen LogP contribution in [0.15, 0.2) is 30.3 Å². The van der Waals surface area contributed by atoms with E-state index in [0.717, 1.165) is 24.6 Å². The fourth-order valence-corrected chi connectivity index (χ4v) is 1.85. The molecule has 0 radical (unpaired) electrons. The van der Waals surface area contributed by atoms with Crippen LogP contribution in [-0.4, -0.2) is 16.5 Å². The van der Waals surface area contributed by atoms with Crippen molar-refractivity contribution in [2.75, 3.05) is 11.9 Å². The molecule has 4 nitrogen and oxygen atoms in total. The first-order chi connectivity index (χ1) is 10.1. The van der Waals surface area contributed by atoms with Crippen LogP contribution < -0.4 is 10.1 Å². The Morgan fingerprint density at radius 3 is 2.52 bits per heavy atom. The third kappa shape index (κ3) is 4.60. The Bertz CT molecular complexity index is 585. The van der Waals surface area contributed by atoms with Crippen molar-refractivity contribution in [1.82, 2.24) is 9.97 Å². The Labute approximate surface area is 130 Å². The maximum Gasteiger partial charge on any atom is 0.224 e. The molecule has 0 spiro atoms. The Kier molecular flexibility index (Phi) is 5.39. The van der Waals surface area contributed by atoms with E-state index >= 15 is 0 Å². The van der Waals surface area contributed by atoms with Gasteiger partial charge in [-0.1, -0.05) is 32.4 Å². The van der Waals surface area contributed by atoms with Crippen LogP contribution in [0.5, 0.6) is 11.6 Å². The molecule has 1 aromatic heterocycles. The van der Waals surface area contributed by atoms with Crippen molar-refractivity contribution < 1.29 is 4.74 Å². The van der Waals surface area contributed by atoms with E-state index in [1.165, 1.54) is 0 Å².